The third-order valence-electron chi connectivity index (χ3n) is 3.55. The normalized spacial score (nSPS) is 11.4. The third kappa shape index (κ3) is 4.21. The van der Waals surface area contributed by atoms with Crippen molar-refractivity contribution >= 4 is 29.8 Å². The van der Waals surface area contributed by atoms with Crippen LogP contribution in [0.2, 0.25) is 0 Å². The minimum atomic E-state index is -0.568. The number of hydrogen-bond donors (Lipinski definition) is 0. The molecule has 1 heterocycles. The van der Waals surface area contributed by atoms with Gasteiger partial charge in [0.2, 0.25) is 0 Å². The number of rotatable bonds is 4. The first-order valence-corrected chi connectivity index (χ1v) is 10.0. The van der Waals surface area contributed by atoms with Crippen LogP contribution < -0.4 is 8.92 Å². The third-order valence-corrected chi connectivity index (χ3v) is 5.80. The summed E-state index contributed by atoms with van der Waals surface area (Å²) in [7, 11) is 0. The molecule has 0 amide bonds. The molecule has 6 heteroatoms. The van der Waals surface area contributed by atoms with Gasteiger partial charge in [0.15, 0.2) is 0 Å². The van der Waals surface area contributed by atoms with Gasteiger partial charge in [-0.05, 0) is 0 Å². The van der Waals surface area contributed by atoms with Crippen LogP contribution in [-0.4, -0.2) is 41.5 Å². The zero-order valence-electron chi connectivity index (χ0n) is 15.3. The quantitative estimate of drug-likeness (QED) is 0.485. The maximum absolute atomic E-state index is 12.4. The van der Waals surface area contributed by atoms with Crippen LogP contribution in [-0.2, 0) is 4.74 Å². The summed E-state index contributed by atoms with van der Waals surface area (Å²) in [5.41, 5.74) is 1.30. The Labute approximate surface area is 159 Å². The molecule has 0 aliphatic rings. The zero-order valence-corrected chi connectivity index (χ0v) is 17.0. The van der Waals surface area contributed by atoms with E-state index < -0.39 is 11.6 Å². The average molecular weight is 414 g/mol. The molecule has 26 heavy (non-hydrogen) atoms. The first kappa shape index (κ1) is 18.4. The van der Waals surface area contributed by atoms with E-state index in [-0.39, 0.29) is 20.7 Å². The molecule has 134 valence electrons. The van der Waals surface area contributed by atoms with Crippen molar-refractivity contribution in [3.63, 3.8) is 0 Å². The summed E-state index contributed by atoms with van der Waals surface area (Å²) >= 11 is 0.127. The summed E-state index contributed by atoms with van der Waals surface area (Å²) in [6, 6.07) is 18.4. The van der Waals surface area contributed by atoms with Gasteiger partial charge in [-0.3, -0.25) is 0 Å². The van der Waals surface area contributed by atoms with Crippen molar-refractivity contribution in [1.82, 2.24) is 15.0 Å². The van der Waals surface area contributed by atoms with Gasteiger partial charge in [-0.15, -0.1) is 0 Å². The van der Waals surface area contributed by atoms with Gasteiger partial charge in [0.1, 0.15) is 0 Å². The Kier molecular flexibility index (Phi) is 5.25. The number of esters is 1. The monoisotopic (exact) mass is 415 g/mol. The Morgan fingerprint density at radius 1 is 1.04 bits per heavy atom. The number of hydrogen-bond acceptors (Lipinski definition) is 4. The van der Waals surface area contributed by atoms with Crippen LogP contribution in [0, 0.1) is 6.92 Å². The molecule has 0 saturated carbocycles. The molecule has 1 aromatic heterocycles. The molecule has 0 aliphatic heterocycles. The molecule has 0 spiro atoms. The number of ether oxygens (including phenoxy) is 1. The van der Waals surface area contributed by atoms with Gasteiger partial charge in [-0.2, -0.15) is 0 Å². The Morgan fingerprint density at radius 2 is 1.69 bits per heavy atom. The first-order valence-electron chi connectivity index (χ1n) is 8.33. The van der Waals surface area contributed by atoms with Gasteiger partial charge in [-0.25, -0.2) is 0 Å². The van der Waals surface area contributed by atoms with Gasteiger partial charge in [-0.1, -0.05) is 0 Å². The van der Waals surface area contributed by atoms with Crippen LogP contribution in [0.25, 0.3) is 5.69 Å². The van der Waals surface area contributed by atoms with Crippen LogP contribution in [0.1, 0.15) is 37.0 Å². The second kappa shape index (κ2) is 7.44. The number of para-hydroxylation sites is 1. The van der Waals surface area contributed by atoms with Crippen LogP contribution in [0.4, 0.5) is 0 Å². The molecule has 0 N–H and O–H groups in total. The molecule has 3 rings (SSSR count). The van der Waals surface area contributed by atoms with E-state index in [1.807, 2.05) is 64.1 Å². The second-order valence-electron chi connectivity index (χ2n) is 6.82. The van der Waals surface area contributed by atoms with Crippen molar-refractivity contribution in [2.45, 2.75) is 33.3 Å². The Morgan fingerprint density at radius 3 is 2.38 bits per heavy atom. The fourth-order valence-corrected chi connectivity index (χ4v) is 4.41. The van der Waals surface area contributed by atoms with Crippen LogP contribution in [0.3, 0.4) is 0 Å². The van der Waals surface area contributed by atoms with Crippen molar-refractivity contribution in [2.75, 3.05) is 0 Å². The first-order chi connectivity index (χ1) is 12.3. The zero-order chi connectivity index (χ0) is 18.7. The fourth-order valence-electron chi connectivity index (χ4n) is 2.41. The van der Waals surface area contributed by atoms with Crippen molar-refractivity contribution in [3.8, 4) is 5.69 Å². The number of carbonyl (C=O) groups is 1. The van der Waals surface area contributed by atoms with E-state index in [2.05, 4.69) is 28.5 Å². The van der Waals surface area contributed by atoms with E-state index in [0.717, 1.165) is 5.69 Å². The van der Waals surface area contributed by atoms with Gasteiger partial charge in [0.25, 0.3) is 0 Å². The molecule has 2 aromatic carbocycles. The second-order valence-corrected chi connectivity index (χ2v) is 9.16. The van der Waals surface area contributed by atoms with Crippen LogP contribution >= 0.6 is 0 Å². The summed E-state index contributed by atoms with van der Waals surface area (Å²) in [5.74, 6) is -0.452. The predicted octanol–water partition coefficient (Wildman–Crippen LogP) is 2.19. The number of nitrogens with zero attached hydrogens (tertiary/aromatic N) is 3. The summed E-state index contributed by atoms with van der Waals surface area (Å²) in [5, 5.41) is 8.28. The van der Waals surface area contributed by atoms with E-state index in [1.54, 1.807) is 4.68 Å². The molecule has 0 radical (unpaired) electrons. The van der Waals surface area contributed by atoms with Crippen molar-refractivity contribution < 1.29 is 9.53 Å². The number of carbonyl (C=O) groups excluding carboxylic acids is 1. The van der Waals surface area contributed by atoms with E-state index in [0.29, 0.717) is 5.69 Å². The standard InChI is InChI=1S/C20H21N3O2Se/c1-14-18(19(24)25-20(2,3)4)21-22-23(14)16-12-8-9-13-17(16)26-15-10-6-5-7-11-15/h5-13H,1-4H3. The number of benzene rings is 2. The van der Waals surface area contributed by atoms with Gasteiger partial charge < -0.3 is 0 Å². The minimum absolute atomic E-state index is 0.127. The Balaban J connectivity index is 1.94. The van der Waals surface area contributed by atoms with Crippen molar-refractivity contribution in [2.24, 2.45) is 0 Å². The SMILES string of the molecule is Cc1c(C(=O)OC(C)(C)C)nnn1-c1ccccc1[Se]c1ccccc1. The van der Waals surface area contributed by atoms with E-state index in [9.17, 15) is 4.79 Å². The summed E-state index contributed by atoms with van der Waals surface area (Å²) < 4.78 is 9.60. The van der Waals surface area contributed by atoms with Crippen molar-refractivity contribution in [3.05, 3.63) is 66.0 Å². The molecule has 0 fully saturated rings. The molecule has 3 aromatic rings. The molecule has 0 atom stereocenters. The predicted molar refractivity (Wildman–Crippen MR) is 103 cm³/mol. The molecule has 5 nitrogen and oxygen atoms in total. The van der Waals surface area contributed by atoms with Gasteiger partial charge >= 0.3 is 159 Å². The maximum atomic E-state index is 12.4. The Bertz CT molecular complexity index is 914. The molecule has 0 aliphatic carbocycles. The van der Waals surface area contributed by atoms with Gasteiger partial charge in [0.05, 0.1) is 0 Å². The summed E-state index contributed by atoms with van der Waals surface area (Å²) in [6.45, 7) is 7.35. The van der Waals surface area contributed by atoms with E-state index in [4.69, 9.17) is 4.74 Å². The Hall–Kier alpha value is -2.43. The topological polar surface area (TPSA) is 57.0 Å². The van der Waals surface area contributed by atoms with Crippen LogP contribution in [0.5, 0.6) is 0 Å². The molecule has 0 saturated heterocycles. The molecular formula is C20H21N3O2Se. The summed E-state index contributed by atoms with van der Waals surface area (Å²) in [4.78, 5) is 12.4. The molecule has 0 unspecified atom stereocenters. The fraction of sp³-hybridized carbons (Fsp3) is 0.250. The summed E-state index contributed by atoms with van der Waals surface area (Å²) in [6.07, 6.45) is 0. The van der Waals surface area contributed by atoms with Gasteiger partial charge in [0, 0.05) is 0 Å². The van der Waals surface area contributed by atoms with Crippen molar-refractivity contribution in [1.29, 1.82) is 0 Å². The number of aromatic nitrogens is 3. The molecular weight excluding hydrogens is 393 g/mol. The van der Waals surface area contributed by atoms with E-state index >= 15 is 0 Å². The molecule has 0 bridgehead atoms. The van der Waals surface area contributed by atoms with E-state index in [1.165, 1.54) is 8.92 Å². The average Bonchev–Trinajstić information content (AvgIpc) is 2.96. The van der Waals surface area contributed by atoms with Crippen LogP contribution in [0.15, 0.2) is 54.6 Å².